The van der Waals surface area contributed by atoms with Crippen LogP contribution < -0.4 is 10.1 Å². The molecule has 1 N–H and O–H groups in total. The number of anilines is 1. The molecule has 0 bridgehead atoms. The highest BCUT2D eigenvalue weighted by molar-refractivity contribution is 6.04. The summed E-state index contributed by atoms with van der Waals surface area (Å²) >= 11 is 0. The maximum atomic E-state index is 13.2. The Bertz CT molecular complexity index is 825. The molecule has 3 rings (SSSR count). The lowest BCUT2D eigenvalue weighted by molar-refractivity contribution is 0.102. The van der Waals surface area contributed by atoms with Gasteiger partial charge in [0.2, 0.25) is 0 Å². The van der Waals surface area contributed by atoms with Crippen LogP contribution in [0, 0.1) is 5.82 Å². The molecule has 0 spiro atoms. The Morgan fingerprint density at radius 1 is 1.00 bits per heavy atom. The van der Waals surface area contributed by atoms with E-state index in [1.165, 1.54) is 24.3 Å². The van der Waals surface area contributed by atoms with Gasteiger partial charge in [0.25, 0.3) is 5.91 Å². The van der Waals surface area contributed by atoms with Gasteiger partial charge in [-0.25, -0.2) is 14.4 Å². The minimum atomic E-state index is -0.462. The third-order valence-electron chi connectivity index (χ3n) is 2.93. The summed E-state index contributed by atoms with van der Waals surface area (Å²) in [6.07, 6.45) is 3.13. The standard InChI is InChI=1S/C17H12FN3O2/c18-13-5-1-4-12(10-13)16(22)21-14-6-2-7-15(11-14)23-17-19-8-3-9-20-17/h1-11H,(H,21,22). The van der Waals surface area contributed by atoms with Crippen molar-refractivity contribution in [2.24, 2.45) is 0 Å². The molecule has 0 aliphatic rings. The summed E-state index contributed by atoms with van der Waals surface area (Å²) in [5, 5.41) is 2.69. The number of carbonyl (C=O) groups is 1. The van der Waals surface area contributed by atoms with Crippen LogP contribution in [-0.4, -0.2) is 15.9 Å². The van der Waals surface area contributed by atoms with E-state index in [2.05, 4.69) is 15.3 Å². The van der Waals surface area contributed by atoms with Crippen LogP contribution in [0.25, 0.3) is 0 Å². The van der Waals surface area contributed by atoms with Gasteiger partial charge in [0.05, 0.1) is 0 Å². The van der Waals surface area contributed by atoms with Crippen LogP contribution in [0.3, 0.4) is 0 Å². The minimum absolute atomic E-state index is 0.209. The third kappa shape index (κ3) is 3.88. The molecule has 23 heavy (non-hydrogen) atoms. The van der Waals surface area contributed by atoms with Gasteiger partial charge in [-0.1, -0.05) is 12.1 Å². The molecule has 0 saturated heterocycles. The summed E-state index contributed by atoms with van der Waals surface area (Å²) in [5.41, 5.74) is 0.760. The molecule has 0 saturated carbocycles. The molecule has 1 aromatic heterocycles. The SMILES string of the molecule is O=C(Nc1cccc(Oc2ncccn2)c1)c1cccc(F)c1. The Balaban J connectivity index is 1.74. The fourth-order valence-corrected chi connectivity index (χ4v) is 1.91. The van der Waals surface area contributed by atoms with Crippen molar-refractivity contribution in [1.82, 2.24) is 9.97 Å². The lowest BCUT2D eigenvalue weighted by Gasteiger charge is -2.08. The van der Waals surface area contributed by atoms with E-state index in [4.69, 9.17) is 4.74 Å². The van der Waals surface area contributed by atoms with Crippen LogP contribution in [0.5, 0.6) is 11.8 Å². The maximum absolute atomic E-state index is 13.2. The average Bonchev–Trinajstić information content (AvgIpc) is 2.56. The van der Waals surface area contributed by atoms with Crippen molar-refractivity contribution in [3.63, 3.8) is 0 Å². The first-order chi connectivity index (χ1) is 11.2. The number of aromatic nitrogens is 2. The van der Waals surface area contributed by atoms with Crippen LogP contribution in [0.15, 0.2) is 67.0 Å². The second kappa shape index (κ2) is 6.65. The fraction of sp³-hybridized carbons (Fsp3) is 0. The molecule has 0 fully saturated rings. The molecule has 0 aliphatic heterocycles. The summed E-state index contributed by atoms with van der Waals surface area (Å²) in [4.78, 5) is 20.0. The van der Waals surface area contributed by atoms with Crippen molar-refractivity contribution in [3.05, 3.63) is 78.4 Å². The van der Waals surface area contributed by atoms with Gasteiger partial charge in [-0.2, -0.15) is 0 Å². The second-order valence-corrected chi connectivity index (χ2v) is 4.63. The van der Waals surface area contributed by atoms with E-state index in [1.807, 2.05) is 0 Å². The first-order valence-corrected chi connectivity index (χ1v) is 6.82. The molecule has 5 nitrogen and oxygen atoms in total. The van der Waals surface area contributed by atoms with E-state index in [0.717, 1.165) is 0 Å². The molecular formula is C17H12FN3O2. The molecule has 6 heteroatoms. The predicted molar refractivity (Wildman–Crippen MR) is 82.9 cm³/mol. The van der Waals surface area contributed by atoms with Gasteiger partial charge in [0.15, 0.2) is 0 Å². The first-order valence-electron chi connectivity index (χ1n) is 6.82. The van der Waals surface area contributed by atoms with E-state index >= 15 is 0 Å². The Hall–Kier alpha value is -3.28. The van der Waals surface area contributed by atoms with Crippen LogP contribution in [-0.2, 0) is 0 Å². The number of carbonyl (C=O) groups excluding carboxylic acids is 1. The Labute approximate surface area is 131 Å². The van der Waals surface area contributed by atoms with Crippen molar-refractivity contribution in [1.29, 1.82) is 0 Å². The zero-order valence-corrected chi connectivity index (χ0v) is 11.9. The zero-order valence-electron chi connectivity index (χ0n) is 11.9. The number of nitrogens with one attached hydrogen (secondary N) is 1. The smallest absolute Gasteiger partial charge is 0.321 e. The van der Waals surface area contributed by atoms with E-state index in [0.29, 0.717) is 11.4 Å². The number of amides is 1. The van der Waals surface area contributed by atoms with Gasteiger partial charge in [0, 0.05) is 29.7 Å². The molecule has 2 aromatic carbocycles. The maximum Gasteiger partial charge on any atom is 0.321 e. The highest BCUT2D eigenvalue weighted by Crippen LogP contribution is 2.21. The number of halogens is 1. The van der Waals surface area contributed by atoms with Crippen molar-refractivity contribution < 1.29 is 13.9 Å². The monoisotopic (exact) mass is 309 g/mol. The number of hydrogen-bond acceptors (Lipinski definition) is 4. The normalized spacial score (nSPS) is 10.1. The zero-order chi connectivity index (χ0) is 16.1. The molecule has 0 atom stereocenters. The van der Waals surface area contributed by atoms with Crippen molar-refractivity contribution in [3.8, 4) is 11.8 Å². The molecule has 1 heterocycles. The van der Waals surface area contributed by atoms with Crippen molar-refractivity contribution >= 4 is 11.6 Å². The summed E-state index contributed by atoms with van der Waals surface area (Å²) in [5.74, 6) is -0.387. The Morgan fingerprint density at radius 3 is 2.57 bits per heavy atom. The predicted octanol–water partition coefficient (Wildman–Crippen LogP) is 3.66. The highest BCUT2D eigenvalue weighted by atomic mass is 19.1. The second-order valence-electron chi connectivity index (χ2n) is 4.63. The van der Waals surface area contributed by atoms with E-state index in [1.54, 1.807) is 42.7 Å². The minimum Gasteiger partial charge on any atom is -0.424 e. The summed E-state index contributed by atoms with van der Waals surface area (Å²) in [6, 6.07) is 14.1. The molecular weight excluding hydrogens is 297 g/mol. The van der Waals surface area contributed by atoms with Gasteiger partial charge >= 0.3 is 6.01 Å². The molecule has 114 valence electrons. The average molecular weight is 309 g/mol. The van der Waals surface area contributed by atoms with Crippen molar-refractivity contribution in [2.45, 2.75) is 0 Å². The number of ether oxygens (including phenoxy) is 1. The van der Waals surface area contributed by atoms with Crippen LogP contribution in [0.4, 0.5) is 10.1 Å². The molecule has 0 aliphatic carbocycles. The summed E-state index contributed by atoms with van der Waals surface area (Å²) in [7, 11) is 0. The summed E-state index contributed by atoms with van der Waals surface area (Å²) in [6.45, 7) is 0. The number of hydrogen-bond donors (Lipinski definition) is 1. The number of nitrogens with zero attached hydrogens (tertiary/aromatic N) is 2. The quantitative estimate of drug-likeness (QED) is 0.799. The topological polar surface area (TPSA) is 64.1 Å². The summed E-state index contributed by atoms with van der Waals surface area (Å²) < 4.78 is 18.7. The van der Waals surface area contributed by atoms with Gasteiger partial charge in [0.1, 0.15) is 11.6 Å². The lowest BCUT2D eigenvalue weighted by atomic mass is 10.2. The first kappa shape index (κ1) is 14.6. The van der Waals surface area contributed by atoms with Crippen molar-refractivity contribution in [2.75, 3.05) is 5.32 Å². The fourth-order valence-electron chi connectivity index (χ4n) is 1.91. The van der Waals surface area contributed by atoms with Crippen LogP contribution in [0.2, 0.25) is 0 Å². The molecule has 0 radical (unpaired) electrons. The van der Waals surface area contributed by atoms with Gasteiger partial charge in [-0.3, -0.25) is 4.79 Å². The number of rotatable bonds is 4. The highest BCUT2D eigenvalue weighted by Gasteiger charge is 2.08. The van der Waals surface area contributed by atoms with Crippen LogP contribution >= 0.6 is 0 Å². The number of benzene rings is 2. The van der Waals surface area contributed by atoms with Gasteiger partial charge in [-0.15, -0.1) is 0 Å². The van der Waals surface area contributed by atoms with Gasteiger partial charge in [-0.05, 0) is 36.4 Å². The van der Waals surface area contributed by atoms with E-state index in [9.17, 15) is 9.18 Å². The van der Waals surface area contributed by atoms with E-state index < -0.39 is 11.7 Å². The third-order valence-corrected chi connectivity index (χ3v) is 2.93. The molecule has 1 amide bonds. The largest absolute Gasteiger partial charge is 0.424 e. The Morgan fingerprint density at radius 2 is 1.78 bits per heavy atom. The van der Waals surface area contributed by atoms with Crippen LogP contribution in [0.1, 0.15) is 10.4 Å². The van der Waals surface area contributed by atoms with E-state index in [-0.39, 0.29) is 11.6 Å². The Kier molecular flexibility index (Phi) is 4.24. The molecule has 3 aromatic rings. The molecule has 0 unspecified atom stereocenters. The lowest BCUT2D eigenvalue weighted by Crippen LogP contribution is -2.12. The van der Waals surface area contributed by atoms with Gasteiger partial charge < -0.3 is 10.1 Å².